The molecule has 0 saturated heterocycles. The van der Waals surface area contributed by atoms with E-state index in [-0.39, 0.29) is 11.6 Å². The molecule has 0 bridgehead atoms. The molecule has 3 aromatic heterocycles. The molecule has 0 radical (unpaired) electrons. The standard InChI is InChI=1S/C22H15FN4O3/c23-13-8-6-12(7-9-13)20-25-21-19-18(15-5-2-10-29-15)17-14(28)3-1-4-16(17)30-22(19)24-11-27(21)26-20/h2,5-11,18H,1,3-4H2. The number of Topliss-reactive ketones (excluding diaryl/α,β-unsaturated/α-hetero) is 1. The number of carbonyl (C=O) groups excluding carboxylic acids is 1. The first-order valence-corrected chi connectivity index (χ1v) is 9.68. The normalized spacial score (nSPS) is 18.3. The average molecular weight is 402 g/mol. The molecule has 7 nitrogen and oxygen atoms in total. The van der Waals surface area contributed by atoms with Crippen LogP contribution in [0.25, 0.3) is 17.0 Å². The van der Waals surface area contributed by atoms with Crippen LogP contribution in [-0.4, -0.2) is 25.4 Å². The highest BCUT2D eigenvalue weighted by Gasteiger charge is 2.40. The highest BCUT2D eigenvalue weighted by atomic mass is 19.1. The number of carbonyl (C=O) groups is 1. The third kappa shape index (κ3) is 2.50. The van der Waals surface area contributed by atoms with Crippen LogP contribution in [0.3, 0.4) is 0 Å². The second kappa shape index (κ2) is 6.35. The molecule has 2 aliphatic rings. The number of rotatable bonds is 2. The molecule has 4 heterocycles. The van der Waals surface area contributed by atoms with Crippen molar-refractivity contribution < 1.29 is 18.3 Å². The lowest BCUT2D eigenvalue weighted by Crippen LogP contribution is -2.26. The number of hydrogen-bond donors (Lipinski definition) is 0. The summed E-state index contributed by atoms with van der Waals surface area (Å²) in [6.07, 6.45) is 5.01. The summed E-state index contributed by atoms with van der Waals surface area (Å²) >= 11 is 0. The first-order valence-electron chi connectivity index (χ1n) is 9.68. The third-order valence-corrected chi connectivity index (χ3v) is 5.52. The van der Waals surface area contributed by atoms with Gasteiger partial charge >= 0.3 is 0 Å². The van der Waals surface area contributed by atoms with Crippen LogP contribution in [0.4, 0.5) is 4.39 Å². The van der Waals surface area contributed by atoms with Gasteiger partial charge in [0.25, 0.3) is 0 Å². The van der Waals surface area contributed by atoms with E-state index in [0.29, 0.717) is 58.4 Å². The summed E-state index contributed by atoms with van der Waals surface area (Å²) in [5, 5.41) is 4.49. The van der Waals surface area contributed by atoms with Crippen molar-refractivity contribution in [1.29, 1.82) is 0 Å². The number of fused-ring (bicyclic) bond motifs is 3. The summed E-state index contributed by atoms with van der Waals surface area (Å²) in [5.74, 6) is 1.35. The third-order valence-electron chi connectivity index (χ3n) is 5.52. The zero-order valence-electron chi connectivity index (χ0n) is 15.7. The van der Waals surface area contributed by atoms with Gasteiger partial charge in [-0.05, 0) is 42.8 Å². The van der Waals surface area contributed by atoms with Gasteiger partial charge in [0.05, 0.1) is 17.7 Å². The molecular formula is C22H15FN4O3. The summed E-state index contributed by atoms with van der Waals surface area (Å²) in [4.78, 5) is 22.0. The summed E-state index contributed by atoms with van der Waals surface area (Å²) in [6.45, 7) is 0. The van der Waals surface area contributed by atoms with E-state index in [2.05, 4.69) is 15.1 Å². The molecule has 148 valence electrons. The maximum absolute atomic E-state index is 13.3. The Kier molecular flexibility index (Phi) is 3.61. The molecule has 1 atom stereocenters. The number of ether oxygens (including phenoxy) is 1. The van der Waals surface area contributed by atoms with Crippen molar-refractivity contribution in [2.75, 3.05) is 0 Å². The number of furan rings is 1. The highest BCUT2D eigenvalue weighted by molar-refractivity contribution is 5.99. The van der Waals surface area contributed by atoms with Gasteiger partial charge in [-0.15, -0.1) is 5.10 Å². The number of benzene rings is 1. The molecule has 0 saturated carbocycles. The Bertz CT molecular complexity index is 1320. The first kappa shape index (κ1) is 17.1. The Morgan fingerprint density at radius 2 is 2.00 bits per heavy atom. The number of allylic oxidation sites excluding steroid dienone is 2. The summed E-state index contributed by atoms with van der Waals surface area (Å²) in [7, 11) is 0. The molecule has 1 aromatic carbocycles. The van der Waals surface area contributed by atoms with Crippen LogP contribution < -0.4 is 4.74 Å². The van der Waals surface area contributed by atoms with E-state index >= 15 is 0 Å². The fourth-order valence-electron chi connectivity index (χ4n) is 4.18. The molecule has 1 unspecified atom stereocenters. The first-order chi connectivity index (χ1) is 14.7. The van der Waals surface area contributed by atoms with Gasteiger partial charge in [0.1, 0.15) is 23.7 Å². The molecule has 30 heavy (non-hydrogen) atoms. The van der Waals surface area contributed by atoms with Crippen molar-refractivity contribution in [3.63, 3.8) is 0 Å². The largest absolute Gasteiger partial charge is 0.468 e. The smallest absolute Gasteiger partial charge is 0.228 e. The highest BCUT2D eigenvalue weighted by Crippen LogP contribution is 2.47. The van der Waals surface area contributed by atoms with Gasteiger partial charge < -0.3 is 9.15 Å². The van der Waals surface area contributed by atoms with E-state index < -0.39 is 5.92 Å². The van der Waals surface area contributed by atoms with Gasteiger partial charge in [-0.1, -0.05) is 0 Å². The molecule has 0 spiro atoms. The minimum Gasteiger partial charge on any atom is -0.468 e. The van der Waals surface area contributed by atoms with Crippen LogP contribution >= 0.6 is 0 Å². The van der Waals surface area contributed by atoms with Gasteiger partial charge in [-0.25, -0.2) is 18.9 Å². The van der Waals surface area contributed by atoms with Crippen molar-refractivity contribution >= 4 is 11.4 Å². The molecule has 8 heteroatoms. The quantitative estimate of drug-likeness (QED) is 0.503. The van der Waals surface area contributed by atoms with Crippen LogP contribution in [0.5, 0.6) is 5.88 Å². The zero-order valence-corrected chi connectivity index (χ0v) is 15.7. The van der Waals surface area contributed by atoms with Crippen molar-refractivity contribution in [3.8, 4) is 17.3 Å². The average Bonchev–Trinajstić information content (AvgIpc) is 3.43. The number of hydrogen-bond acceptors (Lipinski definition) is 6. The van der Waals surface area contributed by atoms with Gasteiger partial charge in [0, 0.05) is 24.0 Å². The van der Waals surface area contributed by atoms with Crippen LogP contribution in [-0.2, 0) is 4.79 Å². The van der Waals surface area contributed by atoms with E-state index in [1.165, 1.54) is 18.5 Å². The fraction of sp³-hybridized carbons (Fsp3) is 0.182. The van der Waals surface area contributed by atoms with E-state index in [9.17, 15) is 9.18 Å². The predicted molar refractivity (Wildman–Crippen MR) is 103 cm³/mol. The second-order valence-corrected chi connectivity index (χ2v) is 7.34. The second-order valence-electron chi connectivity index (χ2n) is 7.34. The van der Waals surface area contributed by atoms with Crippen molar-refractivity contribution in [2.45, 2.75) is 25.2 Å². The van der Waals surface area contributed by atoms with Crippen molar-refractivity contribution in [2.24, 2.45) is 0 Å². The van der Waals surface area contributed by atoms with Crippen molar-refractivity contribution in [3.05, 3.63) is 77.5 Å². The molecule has 6 rings (SSSR count). The van der Waals surface area contributed by atoms with Crippen LogP contribution in [0, 0.1) is 5.82 Å². The molecule has 4 aromatic rings. The van der Waals surface area contributed by atoms with Crippen LogP contribution in [0.2, 0.25) is 0 Å². The van der Waals surface area contributed by atoms with E-state index in [1.807, 2.05) is 6.07 Å². The van der Waals surface area contributed by atoms with E-state index in [4.69, 9.17) is 9.15 Å². The molecular weight excluding hydrogens is 387 g/mol. The minimum atomic E-state index is -0.465. The summed E-state index contributed by atoms with van der Waals surface area (Å²) in [6, 6.07) is 9.60. The van der Waals surface area contributed by atoms with Gasteiger partial charge in [-0.3, -0.25) is 4.79 Å². The van der Waals surface area contributed by atoms with E-state index in [1.54, 1.807) is 29.0 Å². The van der Waals surface area contributed by atoms with E-state index in [0.717, 1.165) is 6.42 Å². The molecule has 1 aliphatic carbocycles. The number of halogens is 1. The predicted octanol–water partition coefficient (Wildman–Crippen LogP) is 4.05. The maximum Gasteiger partial charge on any atom is 0.228 e. The zero-order chi connectivity index (χ0) is 20.2. The Morgan fingerprint density at radius 3 is 2.80 bits per heavy atom. The Balaban J connectivity index is 1.59. The summed E-state index contributed by atoms with van der Waals surface area (Å²) in [5.41, 5.74) is 2.44. The molecule has 0 amide bonds. The topological polar surface area (TPSA) is 82.5 Å². The van der Waals surface area contributed by atoms with Crippen molar-refractivity contribution in [1.82, 2.24) is 19.6 Å². The van der Waals surface area contributed by atoms with Gasteiger partial charge in [0.15, 0.2) is 17.3 Å². The Hall–Kier alpha value is -3.81. The number of ketones is 1. The van der Waals surface area contributed by atoms with Crippen LogP contribution in [0.15, 0.2) is 64.7 Å². The maximum atomic E-state index is 13.3. The lowest BCUT2D eigenvalue weighted by molar-refractivity contribution is -0.116. The molecule has 0 N–H and O–H groups in total. The lowest BCUT2D eigenvalue weighted by Gasteiger charge is -2.30. The Labute approximate surface area is 169 Å². The monoisotopic (exact) mass is 402 g/mol. The molecule has 1 aliphatic heterocycles. The SMILES string of the molecule is O=C1CCCC2=C1C(c1ccco1)c1c(ncn3nc(-c4ccc(F)cc4)nc13)O2. The fourth-order valence-corrected chi connectivity index (χ4v) is 4.18. The Morgan fingerprint density at radius 1 is 1.13 bits per heavy atom. The van der Waals surface area contributed by atoms with Gasteiger partial charge in [0.2, 0.25) is 5.88 Å². The molecule has 0 fully saturated rings. The number of aromatic nitrogens is 4. The number of nitrogens with zero attached hydrogens (tertiary/aromatic N) is 4. The summed E-state index contributed by atoms with van der Waals surface area (Å²) < 4.78 is 26.6. The van der Waals surface area contributed by atoms with Crippen LogP contribution in [0.1, 0.15) is 36.5 Å². The lowest BCUT2D eigenvalue weighted by atomic mass is 9.80. The minimum absolute atomic E-state index is 0.0450. The van der Waals surface area contributed by atoms with Gasteiger partial charge in [-0.2, -0.15) is 0 Å².